The van der Waals surface area contributed by atoms with Crippen molar-refractivity contribution in [2.45, 2.75) is 38.6 Å². The van der Waals surface area contributed by atoms with E-state index in [0.717, 1.165) is 38.8 Å². The first-order valence-corrected chi connectivity index (χ1v) is 6.70. The van der Waals surface area contributed by atoms with Gasteiger partial charge in [0, 0.05) is 18.5 Å². The van der Waals surface area contributed by atoms with Gasteiger partial charge < -0.3 is 16.0 Å². The van der Waals surface area contributed by atoms with Gasteiger partial charge in [-0.1, -0.05) is 13.3 Å². The van der Waals surface area contributed by atoms with Crippen LogP contribution in [0.15, 0.2) is 0 Å². The molecule has 3 N–H and O–H groups in total. The van der Waals surface area contributed by atoms with Crippen molar-refractivity contribution in [3.63, 3.8) is 0 Å². The molecule has 0 aromatic rings. The Kier molecular flexibility index (Phi) is 5.92. The van der Waals surface area contributed by atoms with Crippen LogP contribution in [-0.2, 0) is 4.79 Å². The minimum atomic E-state index is 0.123. The standard InChI is InChI=1S/C13H27N3O/c1-10-11(6-4-7-12(10)14)13(17)15-8-5-9-16(2)3/h10-12H,4-9,14H2,1-3H3,(H,15,17). The van der Waals surface area contributed by atoms with E-state index in [2.05, 4.69) is 17.1 Å². The maximum Gasteiger partial charge on any atom is 0.223 e. The fourth-order valence-corrected chi connectivity index (χ4v) is 2.51. The molecule has 3 atom stereocenters. The molecule has 4 nitrogen and oxygen atoms in total. The number of hydrogen-bond acceptors (Lipinski definition) is 3. The molecule has 0 bridgehead atoms. The quantitative estimate of drug-likeness (QED) is 0.701. The van der Waals surface area contributed by atoms with Gasteiger partial charge in [-0.25, -0.2) is 0 Å². The summed E-state index contributed by atoms with van der Waals surface area (Å²) >= 11 is 0. The summed E-state index contributed by atoms with van der Waals surface area (Å²) in [7, 11) is 4.09. The van der Waals surface area contributed by atoms with Crippen LogP contribution in [0.25, 0.3) is 0 Å². The molecular weight excluding hydrogens is 214 g/mol. The summed E-state index contributed by atoms with van der Waals surface area (Å²) < 4.78 is 0. The maximum absolute atomic E-state index is 12.0. The van der Waals surface area contributed by atoms with Gasteiger partial charge in [0.15, 0.2) is 0 Å². The zero-order valence-electron chi connectivity index (χ0n) is 11.4. The summed E-state index contributed by atoms with van der Waals surface area (Å²) in [6, 6.07) is 0.196. The van der Waals surface area contributed by atoms with Crippen molar-refractivity contribution in [2.24, 2.45) is 17.6 Å². The molecule has 0 radical (unpaired) electrons. The Bertz CT molecular complexity index is 243. The SMILES string of the molecule is CC1C(N)CCCC1C(=O)NCCCN(C)C. The zero-order chi connectivity index (χ0) is 12.8. The fraction of sp³-hybridized carbons (Fsp3) is 0.923. The van der Waals surface area contributed by atoms with Crippen LogP contribution in [0.1, 0.15) is 32.6 Å². The van der Waals surface area contributed by atoms with E-state index >= 15 is 0 Å². The second kappa shape index (κ2) is 6.97. The number of carbonyl (C=O) groups excluding carboxylic acids is 1. The van der Waals surface area contributed by atoms with Gasteiger partial charge in [0.2, 0.25) is 5.91 Å². The van der Waals surface area contributed by atoms with Crippen molar-refractivity contribution in [3.05, 3.63) is 0 Å². The van der Waals surface area contributed by atoms with Gasteiger partial charge in [0.05, 0.1) is 0 Å². The highest BCUT2D eigenvalue weighted by molar-refractivity contribution is 5.79. The Labute approximate surface area is 105 Å². The van der Waals surface area contributed by atoms with E-state index in [4.69, 9.17) is 5.73 Å². The van der Waals surface area contributed by atoms with E-state index in [1.54, 1.807) is 0 Å². The predicted octanol–water partition coefficient (Wildman–Crippen LogP) is 0.818. The smallest absolute Gasteiger partial charge is 0.223 e. The van der Waals surface area contributed by atoms with Crippen LogP contribution in [0.5, 0.6) is 0 Å². The Morgan fingerprint density at radius 3 is 2.76 bits per heavy atom. The van der Waals surface area contributed by atoms with Gasteiger partial charge in [-0.2, -0.15) is 0 Å². The third-order valence-corrected chi connectivity index (χ3v) is 3.78. The lowest BCUT2D eigenvalue weighted by atomic mass is 9.77. The Balaban J connectivity index is 2.27. The third-order valence-electron chi connectivity index (χ3n) is 3.78. The molecule has 0 aliphatic heterocycles. The Morgan fingerprint density at radius 1 is 1.41 bits per heavy atom. The van der Waals surface area contributed by atoms with Gasteiger partial charge in [-0.15, -0.1) is 0 Å². The summed E-state index contributed by atoms with van der Waals surface area (Å²) in [4.78, 5) is 14.1. The summed E-state index contributed by atoms with van der Waals surface area (Å²) in [6.07, 6.45) is 4.15. The van der Waals surface area contributed by atoms with Crippen molar-refractivity contribution in [1.82, 2.24) is 10.2 Å². The van der Waals surface area contributed by atoms with Crippen LogP contribution in [-0.4, -0.2) is 44.0 Å². The molecule has 0 spiro atoms. The number of nitrogens with zero attached hydrogens (tertiary/aromatic N) is 1. The number of nitrogens with one attached hydrogen (secondary N) is 1. The molecule has 3 unspecified atom stereocenters. The topological polar surface area (TPSA) is 58.4 Å². The van der Waals surface area contributed by atoms with Gasteiger partial charge in [0.1, 0.15) is 0 Å². The molecule has 1 saturated carbocycles. The average Bonchev–Trinajstić information content (AvgIpc) is 2.27. The molecule has 17 heavy (non-hydrogen) atoms. The first-order valence-electron chi connectivity index (χ1n) is 6.70. The number of amides is 1. The van der Waals surface area contributed by atoms with E-state index in [1.807, 2.05) is 14.1 Å². The van der Waals surface area contributed by atoms with Gasteiger partial charge in [-0.05, 0) is 45.8 Å². The van der Waals surface area contributed by atoms with Crippen molar-refractivity contribution >= 4 is 5.91 Å². The highest BCUT2D eigenvalue weighted by Gasteiger charge is 2.32. The lowest BCUT2D eigenvalue weighted by molar-refractivity contribution is -0.127. The van der Waals surface area contributed by atoms with Crippen LogP contribution in [0.3, 0.4) is 0 Å². The van der Waals surface area contributed by atoms with Crippen molar-refractivity contribution in [2.75, 3.05) is 27.2 Å². The average molecular weight is 241 g/mol. The van der Waals surface area contributed by atoms with Crippen molar-refractivity contribution < 1.29 is 4.79 Å². The minimum Gasteiger partial charge on any atom is -0.356 e. The third kappa shape index (κ3) is 4.64. The molecule has 1 aliphatic carbocycles. The van der Waals surface area contributed by atoms with Gasteiger partial charge >= 0.3 is 0 Å². The largest absolute Gasteiger partial charge is 0.356 e. The first kappa shape index (κ1) is 14.5. The summed E-state index contributed by atoms with van der Waals surface area (Å²) in [5, 5.41) is 3.04. The van der Waals surface area contributed by atoms with Crippen molar-refractivity contribution in [3.8, 4) is 0 Å². The number of carbonyl (C=O) groups is 1. The molecule has 1 amide bonds. The molecule has 0 aromatic carbocycles. The van der Waals surface area contributed by atoms with Crippen LogP contribution in [0.2, 0.25) is 0 Å². The minimum absolute atomic E-state index is 0.123. The second-order valence-electron chi connectivity index (χ2n) is 5.51. The van der Waals surface area contributed by atoms with E-state index in [-0.39, 0.29) is 17.9 Å². The normalized spacial score (nSPS) is 29.4. The van der Waals surface area contributed by atoms with Crippen LogP contribution in [0.4, 0.5) is 0 Å². The number of rotatable bonds is 5. The van der Waals surface area contributed by atoms with E-state index < -0.39 is 0 Å². The summed E-state index contributed by atoms with van der Waals surface area (Å²) in [6.45, 7) is 3.89. The molecule has 1 rings (SSSR count). The van der Waals surface area contributed by atoms with E-state index in [9.17, 15) is 4.79 Å². The highest BCUT2D eigenvalue weighted by Crippen LogP contribution is 2.28. The van der Waals surface area contributed by atoms with Crippen molar-refractivity contribution in [1.29, 1.82) is 0 Å². The highest BCUT2D eigenvalue weighted by atomic mass is 16.1. The molecule has 0 aromatic heterocycles. The fourth-order valence-electron chi connectivity index (χ4n) is 2.51. The molecule has 1 aliphatic rings. The molecular formula is C13H27N3O. The first-order chi connectivity index (χ1) is 8.02. The Hall–Kier alpha value is -0.610. The van der Waals surface area contributed by atoms with Gasteiger partial charge in [0.25, 0.3) is 0 Å². The second-order valence-corrected chi connectivity index (χ2v) is 5.51. The Morgan fingerprint density at radius 2 is 2.12 bits per heavy atom. The predicted molar refractivity (Wildman–Crippen MR) is 70.7 cm³/mol. The van der Waals surface area contributed by atoms with Crippen LogP contribution in [0, 0.1) is 11.8 Å². The van der Waals surface area contributed by atoms with Crippen LogP contribution >= 0.6 is 0 Å². The molecule has 100 valence electrons. The van der Waals surface area contributed by atoms with E-state index in [1.165, 1.54) is 0 Å². The summed E-state index contributed by atoms with van der Waals surface area (Å²) in [5.41, 5.74) is 6.01. The molecule has 0 saturated heterocycles. The van der Waals surface area contributed by atoms with Gasteiger partial charge in [-0.3, -0.25) is 4.79 Å². The number of nitrogens with two attached hydrogens (primary N) is 1. The molecule has 4 heteroatoms. The molecule has 0 heterocycles. The summed E-state index contributed by atoms with van der Waals surface area (Å²) in [5.74, 6) is 0.641. The monoisotopic (exact) mass is 241 g/mol. The molecule has 1 fully saturated rings. The zero-order valence-corrected chi connectivity index (χ0v) is 11.4. The lowest BCUT2D eigenvalue weighted by Crippen LogP contribution is -2.44. The lowest BCUT2D eigenvalue weighted by Gasteiger charge is -2.32. The number of hydrogen-bond donors (Lipinski definition) is 2. The van der Waals surface area contributed by atoms with Crippen LogP contribution < -0.4 is 11.1 Å². The van der Waals surface area contributed by atoms with E-state index in [0.29, 0.717) is 5.92 Å². The maximum atomic E-state index is 12.0.